The highest BCUT2D eigenvalue weighted by Crippen LogP contribution is 1.89. The molecule has 1 unspecified atom stereocenters. The molecule has 0 spiro atoms. The molecule has 3 N–H and O–H groups in total. The van der Waals surface area contributed by atoms with Crippen molar-refractivity contribution in [1.82, 2.24) is 0 Å². The third-order valence-electron chi connectivity index (χ3n) is 2.35. The minimum absolute atomic E-state index is 0.0933. The molecule has 0 aromatic rings. The highest BCUT2D eigenvalue weighted by Gasteiger charge is 2.13. The van der Waals surface area contributed by atoms with E-state index in [9.17, 15) is 4.79 Å². The second-order valence-electron chi connectivity index (χ2n) is 4.11. The number of aliphatic hydroxyl groups is 1. The van der Waals surface area contributed by atoms with Gasteiger partial charge in [-0.15, -0.1) is 0 Å². The summed E-state index contributed by atoms with van der Waals surface area (Å²) >= 11 is 0. The van der Waals surface area contributed by atoms with E-state index in [0.717, 1.165) is 19.4 Å². The second kappa shape index (κ2) is 14.7. The van der Waals surface area contributed by atoms with Gasteiger partial charge >= 0.3 is 5.97 Å². The van der Waals surface area contributed by atoms with Gasteiger partial charge in [0, 0.05) is 13.2 Å². The van der Waals surface area contributed by atoms with Crippen molar-refractivity contribution in [2.75, 3.05) is 52.8 Å². The molecule has 0 bridgehead atoms. The standard InChI is InChI=1S/C13H27NO6/c1-2-3-4-17-5-6-18-7-8-19-9-10-20-13(16)12(15)11-14/h12,15H,2-11,14H2,1H3. The predicted octanol–water partition coefficient (Wildman–Crippen LogP) is -0.301. The van der Waals surface area contributed by atoms with Gasteiger partial charge in [0.1, 0.15) is 6.61 Å². The van der Waals surface area contributed by atoms with Crippen LogP contribution in [0.5, 0.6) is 0 Å². The van der Waals surface area contributed by atoms with E-state index < -0.39 is 12.1 Å². The van der Waals surface area contributed by atoms with Crippen LogP contribution in [0.4, 0.5) is 0 Å². The van der Waals surface area contributed by atoms with E-state index in [0.29, 0.717) is 26.4 Å². The number of carbonyl (C=O) groups is 1. The SMILES string of the molecule is CCCCOCCOCCOCCOC(=O)C(O)CN. The molecular formula is C13H27NO6. The Balaban J connectivity index is 3.11. The van der Waals surface area contributed by atoms with Gasteiger partial charge in [-0.25, -0.2) is 4.79 Å². The summed E-state index contributed by atoms with van der Waals surface area (Å²) in [5.74, 6) is -0.725. The lowest BCUT2D eigenvalue weighted by molar-refractivity contribution is -0.154. The van der Waals surface area contributed by atoms with Crippen LogP contribution in [0.1, 0.15) is 19.8 Å². The first kappa shape index (κ1) is 19.3. The monoisotopic (exact) mass is 293 g/mol. The molecule has 0 amide bonds. The van der Waals surface area contributed by atoms with Crippen LogP contribution in [0.15, 0.2) is 0 Å². The van der Waals surface area contributed by atoms with Crippen molar-refractivity contribution in [3.63, 3.8) is 0 Å². The van der Waals surface area contributed by atoms with Crippen LogP contribution in [-0.4, -0.2) is 70.0 Å². The molecule has 0 fully saturated rings. The molecule has 7 nitrogen and oxygen atoms in total. The predicted molar refractivity (Wildman–Crippen MR) is 73.4 cm³/mol. The summed E-state index contributed by atoms with van der Waals surface area (Å²) in [6.45, 7) is 5.13. The summed E-state index contributed by atoms with van der Waals surface area (Å²) < 4.78 is 20.5. The van der Waals surface area contributed by atoms with Crippen molar-refractivity contribution in [3.8, 4) is 0 Å². The Morgan fingerprint density at radius 3 is 2.00 bits per heavy atom. The maximum absolute atomic E-state index is 11.0. The second-order valence-corrected chi connectivity index (χ2v) is 4.11. The van der Waals surface area contributed by atoms with Crippen LogP contribution in [0, 0.1) is 0 Å². The third kappa shape index (κ3) is 12.3. The van der Waals surface area contributed by atoms with Gasteiger partial charge in [-0.3, -0.25) is 0 Å². The van der Waals surface area contributed by atoms with Gasteiger partial charge in [0.2, 0.25) is 0 Å². The fourth-order valence-corrected chi connectivity index (χ4v) is 1.18. The molecule has 0 aliphatic rings. The number of unbranched alkanes of at least 4 members (excludes halogenated alkanes) is 1. The molecule has 20 heavy (non-hydrogen) atoms. The topological polar surface area (TPSA) is 100 Å². The zero-order valence-corrected chi connectivity index (χ0v) is 12.2. The quantitative estimate of drug-likeness (QED) is 0.335. The summed E-state index contributed by atoms with van der Waals surface area (Å²) in [6.07, 6.45) is 0.938. The van der Waals surface area contributed by atoms with Crippen LogP contribution >= 0.6 is 0 Å². The number of ether oxygens (including phenoxy) is 4. The molecule has 0 aliphatic heterocycles. The Hall–Kier alpha value is -0.730. The van der Waals surface area contributed by atoms with E-state index in [-0.39, 0.29) is 19.8 Å². The Morgan fingerprint density at radius 1 is 1.00 bits per heavy atom. The molecule has 0 radical (unpaired) electrons. The first-order valence-corrected chi connectivity index (χ1v) is 7.00. The zero-order valence-electron chi connectivity index (χ0n) is 12.2. The molecule has 0 aliphatic carbocycles. The van der Waals surface area contributed by atoms with Crippen LogP contribution in [-0.2, 0) is 23.7 Å². The number of rotatable bonds is 14. The molecule has 0 saturated heterocycles. The van der Waals surface area contributed by atoms with Crippen LogP contribution < -0.4 is 5.73 Å². The van der Waals surface area contributed by atoms with E-state index in [1.807, 2.05) is 0 Å². The number of hydrogen-bond donors (Lipinski definition) is 2. The maximum Gasteiger partial charge on any atom is 0.336 e. The fraction of sp³-hybridized carbons (Fsp3) is 0.923. The summed E-state index contributed by atoms with van der Waals surface area (Å²) in [5, 5.41) is 9.03. The molecule has 1 atom stereocenters. The van der Waals surface area contributed by atoms with Crippen LogP contribution in [0.2, 0.25) is 0 Å². The maximum atomic E-state index is 11.0. The fourth-order valence-electron chi connectivity index (χ4n) is 1.18. The van der Waals surface area contributed by atoms with E-state index in [4.69, 9.17) is 29.8 Å². The molecule has 0 aromatic carbocycles. The number of aliphatic hydroxyl groups excluding tert-OH is 1. The van der Waals surface area contributed by atoms with E-state index in [1.165, 1.54) is 0 Å². The number of carbonyl (C=O) groups excluding carboxylic acids is 1. The van der Waals surface area contributed by atoms with Crippen molar-refractivity contribution in [3.05, 3.63) is 0 Å². The average molecular weight is 293 g/mol. The van der Waals surface area contributed by atoms with Gasteiger partial charge in [0.15, 0.2) is 6.10 Å². The van der Waals surface area contributed by atoms with Gasteiger partial charge in [-0.05, 0) is 6.42 Å². The molecular weight excluding hydrogens is 266 g/mol. The van der Waals surface area contributed by atoms with Crippen molar-refractivity contribution < 1.29 is 28.8 Å². The van der Waals surface area contributed by atoms with Gasteiger partial charge in [0.25, 0.3) is 0 Å². The van der Waals surface area contributed by atoms with E-state index in [1.54, 1.807) is 0 Å². The van der Waals surface area contributed by atoms with Crippen molar-refractivity contribution >= 4 is 5.97 Å². The minimum Gasteiger partial charge on any atom is -0.461 e. The Bertz CT molecular complexity index is 227. The highest BCUT2D eigenvalue weighted by molar-refractivity contribution is 5.74. The number of hydrogen-bond acceptors (Lipinski definition) is 7. The first-order valence-electron chi connectivity index (χ1n) is 7.00. The van der Waals surface area contributed by atoms with Gasteiger partial charge < -0.3 is 29.8 Å². The summed E-state index contributed by atoms with van der Waals surface area (Å²) in [6, 6.07) is 0. The Labute approximate surface area is 120 Å². The normalized spacial score (nSPS) is 12.3. The molecule has 0 aromatic heterocycles. The lowest BCUT2D eigenvalue weighted by atomic mass is 10.4. The van der Waals surface area contributed by atoms with E-state index in [2.05, 4.69) is 6.92 Å². The third-order valence-corrected chi connectivity index (χ3v) is 2.35. The van der Waals surface area contributed by atoms with Crippen LogP contribution in [0.25, 0.3) is 0 Å². The molecule has 0 heterocycles. The first-order chi connectivity index (χ1) is 9.72. The molecule has 7 heteroatoms. The van der Waals surface area contributed by atoms with E-state index >= 15 is 0 Å². The summed E-state index contributed by atoms with van der Waals surface area (Å²) in [7, 11) is 0. The van der Waals surface area contributed by atoms with Crippen molar-refractivity contribution in [1.29, 1.82) is 0 Å². The largest absolute Gasteiger partial charge is 0.461 e. The number of esters is 1. The van der Waals surface area contributed by atoms with Crippen molar-refractivity contribution in [2.45, 2.75) is 25.9 Å². The number of nitrogens with two attached hydrogens (primary N) is 1. The van der Waals surface area contributed by atoms with Crippen LogP contribution in [0.3, 0.4) is 0 Å². The smallest absolute Gasteiger partial charge is 0.336 e. The molecule has 120 valence electrons. The summed E-state index contributed by atoms with van der Waals surface area (Å²) in [5.41, 5.74) is 5.10. The van der Waals surface area contributed by atoms with Gasteiger partial charge in [-0.1, -0.05) is 13.3 Å². The Kier molecular flexibility index (Phi) is 14.1. The minimum atomic E-state index is -1.26. The summed E-state index contributed by atoms with van der Waals surface area (Å²) in [4.78, 5) is 11.0. The molecule has 0 saturated carbocycles. The van der Waals surface area contributed by atoms with Crippen molar-refractivity contribution in [2.24, 2.45) is 5.73 Å². The lowest BCUT2D eigenvalue weighted by Gasteiger charge is -2.09. The Morgan fingerprint density at radius 2 is 1.50 bits per heavy atom. The molecule has 0 rings (SSSR count). The average Bonchev–Trinajstić information content (AvgIpc) is 2.47. The highest BCUT2D eigenvalue weighted by atomic mass is 16.6. The zero-order chi connectivity index (χ0) is 15.1. The van der Waals surface area contributed by atoms with Gasteiger partial charge in [-0.2, -0.15) is 0 Å². The van der Waals surface area contributed by atoms with Gasteiger partial charge in [0.05, 0.1) is 33.0 Å². The lowest BCUT2D eigenvalue weighted by Crippen LogP contribution is -2.31.